The maximum atomic E-state index is 6.22. The maximum Gasteiger partial charge on any atom is 0.0892 e. The third kappa shape index (κ3) is 2.41. The molecule has 0 saturated heterocycles. The summed E-state index contributed by atoms with van der Waals surface area (Å²) in [5.74, 6) is 5.69. The molecule has 96 valence electrons. The average molecular weight is 265 g/mol. The first kappa shape index (κ1) is 13.1. The minimum atomic E-state index is -0.153. The lowest BCUT2D eigenvalue weighted by atomic mass is 10.0. The SMILES string of the molecule is CCn1nc(C)cc1C(NN)c1ccccc1Cl. The Bertz CT molecular complexity index is 536. The molecule has 5 heteroatoms. The molecule has 1 atom stereocenters. The minimum absolute atomic E-state index is 0.153. The van der Waals surface area contributed by atoms with Crippen LogP contribution in [-0.2, 0) is 6.54 Å². The molecule has 0 aliphatic carbocycles. The van der Waals surface area contributed by atoms with Crippen molar-refractivity contribution in [3.8, 4) is 0 Å². The Morgan fingerprint density at radius 1 is 1.44 bits per heavy atom. The van der Waals surface area contributed by atoms with E-state index in [0.717, 1.165) is 23.5 Å². The highest BCUT2D eigenvalue weighted by atomic mass is 35.5. The van der Waals surface area contributed by atoms with Gasteiger partial charge in [-0.05, 0) is 31.5 Å². The quantitative estimate of drug-likeness (QED) is 0.659. The number of halogens is 1. The zero-order valence-electron chi connectivity index (χ0n) is 10.5. The molecule has 0 bridgehead atoms. The lowest BCUT2D eigenvalue weighted by molar-refractivity contribution is 0.542. The van der Waals surface area contributed by atoms with Crippen LogP contribution in [0.3, 0.4) is 0 Å². The highest BCUT2D eigenvalue weighted by Gasteiger charge is 2.19. The van der Waals surface area contributed by atoms with E-state index in [4.69, 9.17) is 17.4 Å². The second kappa shape index (κ2) is 5.52. The van der Waals surface area contributed by atoms with Crippen LogP contribution in [0.1, 0.15) is 29.9 Å². The van der Waals surface area contributed by atoms with Crippen LogP contribution < -0.4 is 11.3 Å². The van der Waals surface area contributed by atoms with E-state index < -0.39 is 0 Å². The third-order valence-electron chi connectivity index (χ3n) is 2.91. The van der Waals surface area contributed by atoms with Crippen molar-refractivity contribution in [3.63, 3.8) is 0 Å². The summed E-state index contributed by atoms with van der Waals surface area (Å²) in [6, 6.07) is 9.56. The van der Waals surface area contributed by atoms with E-state index in [1.807, 2.05) is 41.9 Å². The van der Waals surface area contributed by atoms with E-state index in [9.17, 15) is 0 Å². The van der Waals surface area contributed by atoms with Gasteiger partial charge in [0.05, 0.1) is 17.4 Å². The fourth-order valence-electron chi connectivity index (χ4n) is 2.09. The van der Waals surface area contributed by atoms with Crippen LogP contribution >= 0.6 is 11.6 Å². The summed E-state index contributed by atoms with van der Waals surface area (Å²) in [5.41, 5.74) is 5.76. The second-order valence-electron chi connectivity index (χ2n) is 4.15. The molecular weight excluding hydrogens is 248 g/mol. The number of hydrogen-bond acceptors (Lipinski definition) is 3. The summed E-state index contributed by atoms with van der Waals surface area (Å²) in [6.07, 6.45) is 0. The number of hydrogen-bond donors (Lipinski definition) is 2. The number of aromatic nitrogens is 2. The van der Waals surface area contributed by atoms with Gasteiger partial charge in [0, 0.05) is 11.6 Å². The molecular formula is C13H17ClN4. The molecule has 0 aliphatic rings. The van der Waals surface area contributed by atoms with Gasteiger partial charge in [-0.25, -0.2) is 5.43 Å². The monoisotopic (exact) mass is 264 g/mol. The molecule has 1 aromatic heterocycles. The Labute approximate surface area is 112 Å². The van der Waals surface area contributed by atoms with Gasteiger partial charge in [0.2, 0.25) is 0 Å². The number of nitrogens with zero attached hydrogens (tertiary/aromatic N) is 2. The zero-order valence-corrected chi connectivity index (χ0v) is 11.3. The predicted molar refractivity (Wildman–Crippen MR) is 73.3 cm³/mol. The Morgan fingerprint density at radius 3 is 2.78 bits per heavy atom. The summed E-state index contributed by atoms with van der Waals surface area (Å²) in [7, 11) is 0. The number of rotatable bonds is 4. The summed E-state index contributed by atoms with van der Waals surface area (Å²) in [5, 5.41) is 5.13. The molecule has 2 rings (SSSR count). The van der Waals surface area contributed by atoms with E-state index in [1.165, 1.54) is 0 Å². The Morgan fingerprint density at radius 2 is 2.17 bits per heavy atom. The number of nitrogens with one attached hydrogen (secondary N) is 1. The largest absolute Gasteiger partial charge is 0.271 e. The van der Waals surface area contributed by atoms with Crippen molar-refractivity contribution in [1.82, 2.24) is 15.2 Å². The van der Waals surface area contributed by atoms with E-state index in [2.05, 4.69) is 17.4 Å². The van der Waals surface area contributed by atoms with Gasteiger partial charge in [0.25, 0.3) is 0 Å². The van der Waals surface area contributed by atoms with Crippen molar-refractivity contribution in [1.29, 1.82) is 0 Å². The number of nitrogens with two attached hydrogens (primary N) is 1. The lowest BCUT2D eigenvalue weighted by Gasteiger charge is -2.18. The van der Waals surface area contributed by atoms with Gasteiger partial charge in [0.1, 0.15) is 0 Å². The standard InChI is InChI=1S/C13H17ClN4/c1-3-18-12(8-9(2)17-18)13(16-15)10-6-4-5-7-11(10)14/h4-8,13,16H,3,15H2,1-2H3. The van der Waals surface area contributed by atoms with Crippen molar-refractivity contribution < 1.29 is 0 Å². The molecule has 0 amide bonds. The van der Waals surface area contributed by atoms with Gasteiger partial charge in [-0.15, -0.1) is 0 Å². The van der Waals surface area contributed by atoms with Crippen LogP contribution in [0.4, 0.5) is 0 Å². The zero-order chi connectivity index (χ0) is 13.1. The second-order valence-corrected chi connectivity index (χ2v) is 4.55. The van der Waals surface area contributed by atoms with Crippen molar-refractivity contribution in [2.24, 2.45) is 5.84 Å². The highest BCUT2D eigenvalue weighted by molar-refractivity contribution is 6.31. The molecule has 3 N–H and O–H groups in total. The van der Waals surface area contributed by atoms with Crippen molar-refractivity contribution in [2.45, 2.75) is 26.4 Å². The molecule has 0 fully saturated rings. The normalized spacial score (nSPS) is 12.7. The van der Waals surface area contributed by atoms with Crippen LogP contribution in [0.25, 0.3) is 0 Å². The summed E-state index contributed by atoms with van der Waals surface area (Å²) >= 11 is 6.22. The van der Waals surface area contributed by atoms with Gasteiger partial charge in [-0.3, -0.25) is 10.5 Å². The molecule has 0 saturated carbocycles. The summed E-state index contributed by atoms with van der Waals surface area (Å²) in [4.78, 5) is 0. The molecule has 18 heavy (non-hydrogen) atoms. The van der Waals surface area contributed by atoms with Crippen LogP contribution in [0.5, 0.6) is 0 Å². The van der Waals surface area contributed by atoms with E-state index in [0.29, 0.717) is 5.02 Å². The van der Waals surface area contributed by atoms with Gasteiger partial charge >= 0.3 is 0 Å². The van der Waals surface area contributed by atoms with Crippen LogP contribution in [0.15, 0.2) is 30.3 Å². The van der Waals surface area contributed by atoms with E-state index in [-0.39, 0.29) is 6.04 Å². The Balaban J connectivity index is 2.48. The first-order chi connectivity index (χ1) is 8.67. The fraction of sp³-hybridized carbons (Fsp3) is 0.308. The number of benzene rings is 1. The molecule has 1 aromatic carbocycles. The molecule has 0 radical (unpaired) electrons. The van der Waals surface area contributed by atoms with Gasteiger partial charge in [-0.2, -0.15) is 5.10 Å². The lowest BCUT2D eigenvalue weighted by Crippen LogP contribution is -2.30. The molecule has 0 aliphatic heterocycles. The fourth-order valence-corrected chi connectivity index (χ4v) is 2.34. The molecule has 1 heterocycles. The smallest absolute Gasteiger partial charge is 0.0892 e. The van der Waals surface area contributed by atoms with Crippen molar-refractivity contribution in [3.05, 3.63) is 52.3 Å². The maximum absolute atomic E-state index is 6.22. The van der Waals surface area contributed by atoms with Gasteiger partial charge in [-0.1, -0.05) is 29.8 Å². The molecule has 0 spiro atoms. The first-order valence-electron chi connectivity index (χ1n) is 5.92. The first-order valence-corrected chi connectivity index (χ1v) is 6.30. The van der Waals surface area contributed by atoms with E-state index in [1.54, 1.807) is 0 Å². The number of aryl methyl sites for hydroxylation is 2. The minimum Gasteiger partial charge on any atom is -0.271 e. The van der Waals surface area contributed by atoms with Crippen molar-refractivity contribution in [2.75, 3.05) is 0 Å². The van der Waals surface area contributed by atoms with Gasteiger partial charge in [0.15, 0.2) is 0 Å². The Hall–Kier alpha value is -1.36. The summed E-state index contributed by atoms with van der Waals surface area (Å²) < 4.78 is 1.93. The van der Waals surface area contributed by atoms with E-state index >= 15 is 0 Å². The Kier molecular flexibility index (Phi) is 4.01. The van der Waals surface area contributed by atoms with Crippen LogP contribution in [0.2, 0.25) is 5.02 Å². The van der Waals surface area contributed by atoms with Crippen LogP contribution in [-0.4, -0.2) is 9.78 Å². The predicted octanol–water partition coefficient (Wildman–Crippen LogP) is 2.42. The van der Waals surface area contributed by atoms with Crippen LogP contribution in [0, 0.1) is 6.92 Å². The van der Waals surface area contributed by atoms with Gasteiger partial charge < -0.3 is 0 Å². The summed E-state index contributed by atoms with van der Waals surface area (Å²) in [6.45, 7) is 4.82. The molecule has 1 unspecified atom stereocenters. The topological polar surface area (TPSA) is 55.9 Å². The molecule has 2 aromatic rings. The van der Waals surface area contributed by atoms with Crippen molar-refractivity contribution >= 4 is 11.6 Å². The third-order valence-corrected chi connectivity index (χ3v) is 3.26. The average Bonchev–Trinajstić information content (AvgIpc) is 2.74. The highest BCUT2D eigenvalue weighted by Crippen LogP contribution is 2.27. The number of hydrazine groups is 1. The molecule has 4 nitrogen and oxygen atoms in total.